The van der Waals surface area contributed by atoms with Crippen molar-refractivity contribution in [2.45, 2.75) is 32.9 Å². The van der Waals surface area contributed by atoms with E-state index in [-0.39, 0.29) is 11.6 Å². The minimum Gasteiger partial charge on any atom is -0.377 e. The quantitative estimate of drug-likeness (QED) is 0.554. The van der Waals surface area contributed by atoms with Gasteiger partial charge in [-0.1, -0.05) is 31.2 Å². The molecule has 2 aromatic rings. The molecule has 1 saturated heterocycles. The van der Waals surface area contributed by atoms with Gasteiger partial charge in [-0.2, -0.15) is 0 Å². The molecule has 0 bridgehead atoms. The van der Waals surface area contributed by atoms with Crippen LogP contribution in [-0.2, 0) is 13.1 Å². The summed E-state index contributed by atoms with van der Waals surface area (Å²) < 4.78 is 0. The van der Waals surface area contributed by atoms with Crippen molar-refractivity contribution in [1.29, 1.82) is 0 Å². The number of likely N-dealkylation sites (tertiary alicyclic amines) is 1. The van der Waals surface area contributed by atoms with Crippen molar-refractivity contribution in [2.75, 3.05) is 32.1 Å². The number of non-ortho nitro benzene ring substituents is 1. The van der Waals surface area contributed by atoms with Crippen molar-refractivity contribution in [3.8, 4) is 0 Å². The molecule has 7 nitrogen and oxygen atoms in total. The highest BCUT2D eigenvalue weighted by Crippen LogP contribution is 2.24. The number of amides is 1. The molecule has 1 aliphatic rings. The molecule has 3 rings (SSSR count). The number of nitrogens with one attached hydrogen (secondary N) is 1. The topological polar surface area (TPSA) is 78.7 Å². The van der Waals surface area contributed by atoms with E-state index in [0.717, 1.165) is 31.1 Å². The van der Waals surface area contributed by atoms with Gasteiger partial charge in [-0.25, -0.2) is 0 Å². The van der Waals surface area contributed by atoms with Crippen LogP contribution in [0.25, 0.3) is 0 Å². The number of carbonyl (C=O) groups is 1. The monoisotopic (exact) mass is 410 g/mol. The maximum absolute atomic E-state index is 12.8. The lowest BCUT2D eigenvalue weighted by molar-refractivity contribution is -0.384. The lowest BCUT2D eigenvalue weighted by atomic mass is 9.98. The summed E-state index contributed by atoms with van der Waals surface area (Å²) in [5, 5.41) is 14.0. The highest BCUT2D eigenvalue weighted by atomic mass is 16.6. The first-order chi connectivity index (χ1) is 14.3. The zero-order chi connectivity index (χ0) is 21.7. The lowest BCUT2D eigenvalue weighted by Crippen LogP contribution is -2.32. The molecule has 0 aromatic heterocycles. The number of piperidine rings is 1. The molecule has 7 heteroatoms. The van der Waals surface area contributed by atoms with Crippen LogP contribution in [0.2, 0.25) is 0 Å². The number of carbonyl (C=O) groups excluding carboxylic acids is 1. The number of hydrogen-bond acceptors (Lipinski definition) is 5. The minimum atomic E-state index is -0.485. The fourth-order valence-electron chi connectivity index (χ4n) is 3.80. The number of nitrogens with zero attached hydrogens (tertiary/aromatic N) is 3. The molecule has 1 heterocycles. The summed E-state index contributed by atoms with van der Waals surface area (Å²) in [7, 11) is 3.62. The van der Waals surface area contributed by atoms with Gasteiger partial charge >= 0.3 is 0 Å². The molecule has 0 radical (unpaired) electrons. The molecule has 0 spiro atoms. The molecule has 160 valence electrons. The van der Waals surface area contributed by atoms with E-state index >= 15 is 0 Å². The predicted molar refractivity (Wildman–Crippen MR) is 119 cm³/mol. The van der Waals surface area contributed by atoms with E-state index in [4.69, 9.17) is 0 Å². The Morgan fingerprint density at radius 2 is 1.87 bits per heavy atom. The third kappa shape index (κ3) is 5.57. The zero-order valence-electron chi connectivity index (χ0n) is 17.9. The molecule has 0 saturated carbocycles. The van der Waals surface area contributed by atoms with Crippen LogP contribution in [-0.4, -0.2) is 42.9 Å². The van der Waals surface area contributed by atoms with Gasteiger partial charge in [-0.3, -0.25) is 19.8 Å². The van der Waals surface area contributed by atoms with E-state index in [1.54, 1.807) is 11.0 Å². The van der Waals surface area contributed by atoms with Gasteiger partial charge in [-0.05, 0) is 49.0 Å². The van der Waals surface area contributed by atoms with Gasteiger partial charge in [0.15, 0.2) is 0 Å². The van der Waals surface area contributed by atoms with Crippen molar-refractivity contribution >= 4 is 17.3 Å². The van der Waals surface area contributed by atoms with Gasteiger partial charge in [0.25, 0.3) is 11.6 Å². The van der Waals surface area contributed by atoms with Crippen LogP contribution in [0.4, 0.5) is 11.4 Å². The Bertz CT molecular complexity index is 905. The summed E-state index contributed by atoms with van der Waals surface area (Å²) >= 11 is 0. The van der Waals surface area contributed by atoms with Crippen LogP contribution in [0.5, 0.6) is 0 Å². The molecule has 30 heavy (non-hydrogen) atoms. The molecular formula is C23H30N4O3. The van der Waals surface area contributed by atoms with Crippen molar-refractivity contribution in [3.05, 3.63) is 69.3 Å². The van der Waals surface area contributed by atoms with Crippen molar-refractivity contribution in [1.82, 2.24) is 10.2 Å². The molecule has 0 unspecified atom stereocenters. The van der Waals surface area contributed by atoms with E-state index in [9.17, 15) is 14.9 Å². The Morgan fingerprint density at radius 3 is 2.53 bits per heavy atom. The Kier molecular flexibility index (Phi) is 7.05. The molecular weight excluding hydrogens is 380 g/mol. The number of rotatable bonds is 7. The molecule has 1 N–H and O–H groups in total. The second-order valence-corrected chi connectivity index (χ2v) is 8.31. The standard InChI is InChI=1S/C23H30N4O3/c1-17-9-11-26(12-10-17)16-19-6-4-5-18(13-19)15-24-23(28)21-14-20(27(29)30)7-8-22(21)25(2)3/h4-8,13-14,17H,9-12,15-16H2,1-3H3,(H,24,28). The van der Waals surface area contributed by atoms with Crippen LogP contribution in [0, 0.1) is 16.0 Å². The van der Waals surface area contributed by atoms with Gasteiger partial charge in [0, 0.05) is 45.0 Å². The van der Waals surface area contributed by atoms with Crippen LogP contribution in [0.1, 0.15) is 41.3 Å². The summed E-state index contributed by atoms with van der Waals surface area (Å²) in [5.74, 6) is 0.487. The third-order valence-corrected chi connectivity index (χ3v) is 5.64. The zero-order valence-corrected chi connectivity index (χ0v) is 17.9. The van der Waals surface area contributed by atoms with Crippen LogP contribution >= 0.6 is 0 Å². The van der Waals surface area contributed by atoms with Crippen molar-refractivity contribution < 1.29 is 9.72 Å². The van der Waals surface area contributed by atoms with E-state index in [1.807, 2.05) is 26.2 Å². The Balaban J connectivity index is 1.66. The molecule has 1 amide bonds. The molecule has 0 aliphatic carbocycles. The van der Waals surface area contributed by atoms with Gasteiger partial charge in [-0.15, -0.1) is 0 Å². The summed E-state index contributed by atoms with van der Waals surface area (Å²) in [6.45, 7) is 5.86. The number of nitro benzene ring substituents is 1. The van der Waals surface area contributed by atoms with Gasteiger partial charge in [0.2, 0.25) is 0 Å². The third-order valence-electron chi connectivity index (χ3n) is 5.64. The van der Waals surface area contributed by atoms with Crippen LogP contribution < -0.4 is 10.2 Å². The maximum Gasteiger partial charge on any atom is 0.270 e. The highest BCUT2D eigenvalue weighted by molar-refractivity contribution is 6.00. The lowest BCUT2D eigenvalue weighted by Gasteiger charge is -2.30. The second kappa shape index (κ2) is 9.71. The van der Waals surface area contributed by atoms with Crippen LogP contribution in [0.3, 0.4) is 0 Å². The summed E-state index contributed by atoms with van der Waals surface area (Å²) in [5.41, 5.74) is 3.10. The minimum absolute atomic E-state index is 0.0939. The fourth-order valence-corrected chi connectivity index (χ4v) is 3.80. The van der Waals surface area contributed by atoms with Crippen molar-refractivity contribution in [2.24, 2.45) is 5.92 Å². The van der Waals surface area contributed by atoms with E-state index in [2.05, 4.69) is 29.3 Å². The largest absolute Gasteiger partial charge is 0.377 e. The Hall–Kier alpha value is -2.93. The summed E-state index contributed by atoms with van der Waals surface area (Å²) in [6, 6.07) is 12.6. The summed E-state index contributed by atoms with van der Waals surface area (Å²) in [6.07, 6.45) is 2.49. The number of hydrogen-bond donors (Lipinski definition) is 1. The molecule has 0 atom stereocenters. The van der Waals surface area contributed by atoms with Gasteiger partial charge < -0.3 is 10.2 Å². The second-order valence-electron chi connectivity index (χ2n) is 8.31. The molecule has 1 fully saturated rings. The van der Waals surface area contributed by atoms with Gasteiger partial charge in [0.1, 0.15) is 0 Å². The first kappa shape index (κ1) is 21.8. The van der Waals surface area contributed by atoms with E-state index in [1.165, 1.54) is 30.5 Å². The van der Waals surface area contributed by atoms with Crippen LogP contribution in [0.15, 0.2) is 42.5 Å². The highest BCUT2D eigenvalue weighted by Gasteiger charge is 2.18. The Labute approximate surface area is 177 Å². The number of benzene rings is 2. The van der Waals surface area contributed by atoms with E-state index < -0.39 is 4.92 Å². The van der Waals surface area contributed by atoms with E-state index in [0.29, 0.717) is 17.8 Å². The Morgan fingerprint density at radius 1 is 1.17 bits per heavy atom. The average Bonchev–Trinajstić information content (AvgIpc) is 2.73. The predicted octanol–water partition coefficient (Wildman–Crippen LogP) is 3.82. The van der Waals surface area contributed by atoms with Crippen molar-refractivity contribution in [3.63, 3.8) is 0 Å². The fraction of sp³-hybridized carbons (Fsp3) is 0.435. The normalized spacial score (nSPS) is 15.0. The number of anilines is 1. The van der Waals surface area contributed by atoms with Gasteiger partial charge in [0.05, 0.1) is 10.5 Å². The molecule has 2 aromatic carbocycles. The number of nitro groups is 1. The molecule has 1 aliphatic heterocycles. The maximum atomic E-state index is 12.8. The summed E-state index contributed by atoms with van der Waals surface area (Å²) in [4.78, 5) is 27.7. The first-order valence-corrected chi connectivity index (χ1v) is 10.4. The average molecular weight is 411 g/mol. The SMILES string of the molecule is CC1CCN(Cc2cccc(CNC(=O)c3cc([N+](=O)[O-])ccc3N(C)C)c2)CC1. The first-order valence-electron chi connectivity index (χ1n) is 10.4. The smallest absolute Gasteiger partial charge is 0.270 e.